The minimum atomic E-state index is -0.202. The molecule has 0 atom stereocenters. The first-order valence-corrected chi connectivity index (χ1v) is 7.73. The molecule has 0 bridgehead atoms. The monoisotopic (exact) mass is 313 g/mol. The fourth-order valence-corrected chi connectivity index (χ4v) is 2.81. The van der Waals surface area contributed by atoms with Crippen LogP contribution in [0.3, 0.4) is 0 Å². The molecule has 21 heavy (non-hydrogen) atoms. The van der Waals surface area contributed by atoms with Gasteiger partial charge in [-0.2, -0.15) is 5.10 Å². The van der Waals surface area contributed by atoms with E-state index in [2.05, 4.69) is 15.3 Å². The van der Waals surface area contributed by atoms with Crippen LogP contribution in [0.4, 0.5) is 5.69 Å². The smallest absolute Gasteiger partial charge is 0.287 e. The van der Waals surface area contributed by atoms with Crippen LogP contribution >= 0.6 is 11.6 Å². The quantitative estimate of drug-likeness (QED) is 0.865. The second-order valence-corrected chi connectivity index (χ2v) is 6.10. The maximum atomic E-state index is 12.3. The number of hydrogen-bond donors (Lipinski definition) is 1. The van der Waals surface area contributed by atoms with Crippen molar-refractivity contribution in [2.75, 3.05) is 45.7 Å². The van der Waals surface area contributed by atoms with Crippen molar-refractivity contribution in [1.82, 2.24) is 20.0 Å². The molecular weight excluding hydrogens is 290 g/mol. The fraction of sp³-hybridized carbons (Fsp3) is 0.714. The van der Waals surface area contributed by atoms with Crippen LogP contribution in [-0.2, 0) is 6.54 Å². The van der Waals surface area contributed by atoms with E-state index >= 15 is 0 Å². The van der Waals surface area contributed by atoms with E-state index in [1.807, 2.05) is 26.0 Å². The third kappa shape index (κ3) is 3.96. The van der Waals surface area contributed by atoms with Crippen LogP contribution in [0.25, 0.3) is 0 Å². The summed E-state index contributed by atoms with van der Waals surface area (Å²) in [6.45, 7) is 3.10. The number of aromatic nitrogens is 2. The Morgan fingerprint density at radius 3 is 2.67 bits per heavy atom. The van der Waals surface area contributed by atoms with Crippen molar-refractivity contribution in [3.63, 3.8) is 0 Å². The molecule has 1 saturated heterocycles. The van der Waals surface area contributed by atoms with Gasteiger partial charge in [0.05, 0.1) is 18.4 Å². The van der Waals surface area contributed by atoms with Crippen molar-refractivity contribution in [2.24, 2.45) is 0 Å². The van der Waals surface area contributed by atoms with Crippen LogP contribution in [0.15, 0.2) is 11.0 Å². The molecule has 1 aliphatic heterocycles. The lowest BCUT2D eigenvalue weighted by Gasteiger charge is -2.33. The first-order valence-electron chi connectivity index (χ1n) is 7.35. The summed E-state index contributed by atoms with van der Waals surface area (Å²) in [6.07, 6.45) is 3.83. The zero-order valence-corrected chi connectivity index (χ0v) is 13.7. The molecule has 0 aromatic carbocycles. The number of nitrogens with one attached hydrogen (secondary N) is 1. The van der Waals surface area contributed by atoms with Crippen LogP contribution in [0.5, 0.6) is 0 Å². The predicted molar refractivity (Wildman–Crippen MR) is 86.4 cm³/mol. The molecule has 0 spiro atoms. The molecule has 7 heteroatoms. The summed E-state index contributed by atoms with van der Waals surface area (Å²) >= 11 is 6.27. The minimum absolute atomic E-state index is 0.202. The van der Waals surface area contributed by atoms with E-state index in [1.165, 1.54) is 4.68 Å². The van der Waals surface area contributed by atoms with Crippen LogP contribution in [0.1, 0.15) is 12.8 Å². The first kappa shape index (κ1) is 16.3. The van der Waals surface area contributed by atoms with Crippen molar-refractivity contribution in [3.8, 4) is 0 Å². The minimum Gasteiger partial charge on any atom is -0.369 e. The molecule has 0 amide bonds. The first-order chi connectivity index (χ1) is 10.0. The number of piperidine rings is 1. The SMILES string of the molecule is CNC1CCN(c2cnn(CCN(C)C)c(=O)c2Cl)CC1. The van der Waals surface area contributed by atoms with Gasteiger partial charge in [-0.15, -0.1) is 0 Å². The van der Waals surface area contributed by atoms with Gasteiger partial charge in [-0.1, -0.05) is 11.6 Å². The molecule has 1 aliphatic rings. The Bertz CT molecular complexity index is 523. The fourth-order valence-electron chi connectivity index (χ4n) is 2.54. The Morgan fingerprint density at radius 1 is 1.43 bits per heavy atom. The number of rotatable bonds is 5. The van der Waals surface area contributed by atoms with Crippen LogP contribution < -0.4 is 15.8 Å². The number of halogens is 1. The average Bonchev–Trinajstić information content (AvgIpc) is 2.49. The van der Waals surface area contributed by atoms with Crippen LogP contribution in [0, 0.1) is 0 Å². The molecule has 1 N–H and O–H groups in total. The molecule has 0 unspecified atom stereocenters. The molecule has 1 aromatic rings. The molecular formula is C14H24ClN5O. The summed E-state index contributed by atoms with van der Waals surface area (Å²) < 4.78 is 1.44. The Morgan fingerprint density at radius 2 is 2.10 bits per heavy atom. The zero-order chi connectivity index (χ0) is 15.4. The van der Waals surface area contributed by atoms with Crippen molar-refractivity contribution in [3.05, 3.63) is 21.6 Å². The molecule has 118 valence electrons. The van der Waals surface area contributed by atoms with E-state index < -0.39 is 0 Å². The second kappa shape index (κ2) is 7.24. The molecule has 1 fully saturated rings. The lowest BCUT2D eigenvalue weighted by atomic mass is 10.1. The lowest BCUT2D eigenvalue weighted by Crippen LogP contribution is -2.42. The zero-order valence-electron chi connectivity index (χ0n) is 13.0. The number of nitrogens with zero attached hydrogens (tertiary/aromatic N) is 4. The van der Waals surface area contributed by atoms with Gasteiger partial charge in [0.25, 0.3) is 5.56 Å². The van der Waals surface area contributed by atoms with E-state index in [0.29, 0.717) is 12.6 Å². The van der Waals surface area contributed by atoms with Gasteiger partial charge in [-0.3, -0.25) is 4.79 Å². The van der Waals surface area contributed by atoms with Gasteiger partial charge in [0.2, 0.25) is 0 Å². The summed E-state index contributed by atoms with van der Waals surface area (Å²) in [6, 6.07) is 0.549. The summed E-state index contributed by atoms with van der Waals surface area (Å²) in [5.41, 5.74) is 0.559. The Labute approximate surface area is 130 Å². The Kier molecular flexibility index (Phi) is 5.61. The highest BCUT2D eigenvalue weighted by Gasteiger charge is 2.21. The van der Waals surface area contributed by atoms with E-state index in [1.54, 1.807) is 6.20 Å². The van der Waals surface area contributed by atoms with E-state index in [0.717, 1.165) is 38.2 Å². The van der Waals surface area contributed by atoms with Crippen molar-refractivity contribution >= 4 is 17.3 Å². The summed E-state index contributed by atoms with van der Waals surface area (Å²) in [5.74, 6) is 0. The summed E-state index contributed by atoms with van der Waals surface area (Å²) in [5, 5.41) is 7.84. The molecule has 0 saturated carbocycles. The molecule has 0 radical (unpaired) electrons. The van der Waals surface area contributed by atoms with Crippen LogP contribution in [-0.4, -0.2) is 61.5 Å². The number of likely N-dealkylation sites (N-methyl/N-ethyl adjacent to an activating group) is 1. The van der Waals surface area contributed by atoms with Gasteiger partial charge >= 0.3 is 0 Å². The number of anilines is 1. The maximum Gasteiger partial charge on any atom is 0.287 e. The van der Waals surface area contributed by atoms with Crippen molar-refractivity contribution in [2.45, 2.75) is 25.4 Å². The average molecular weight is 314 g/mol. The van der Waals surface area contributed by atoms with Crippen molar-refractivity contribution < 1.29 is 0 Å². The van der Waals surface area contributed by atoms with Gasteiger partial charge in [-0.05, 0) is 34.0 Å². The van der Waals surface area contributed by atoms with E-state index in [4.69, 9.17) is 11.6 Å². The van der Waals surface area contributed by atoms with E-state index in [-0.39, 0.29) is 10.6 Å². The maximum absolute atomic E-state index is 12.3. The third-order valence-electron chi connectivity index (χ3n) is 3.97. The number of hydrogen-bond acceptors (Lipinski definition) is 5. The molecule has 6 nitrogen and oxygen atoms in total. The van der Waals surface area contributed by atoms with Gasteiger partial charge in [-0.25, -0.2) is 4.68 Å². The molecule has 1 aromatic heterocycles. The standard InChI is InChI=1S/C14H24ClN5O/c1-16-11-4-6-19(7-5-11)12-10-17-20(9-8-18(2)3)14(21)13(12)15/h10-11,16H,4-9H2,1-3H3. The molecule has 2 rings (SSSR count). The highest BCUT2D eigenvalue weighted by atomic mass is 35.5. The van der Waals surface area contributed by atoms with Gasteiger partial charge in [0, 0.05) is 25.7 Å². The lowest BCUT2D eigenvalue weighted by molar-refractivity contribution is 0.367. The normalized spacial score (nSPS) is 16.7. The van der Waals surface area contributed by atoms with Crippen molar-refractivity contribution in [1.29, 1.82) is 0 Å². The van der Waals surface area contributed by atoms with Crippen LogP contribution in [0.2, 0.25) is 5.02 Å². The second-order valence-electron chi connectivity index (χ2n) is 5.73. The highest BCUT2D eigenvalue weighted by molar-refractivity contribution is 6.33. The van der Waals surface area contributed by atoms with Gasteiger partial charge < -0.3 is 15.1 Å². The van der Waals surface area contributed by atoms with E-state index in [9.17, 15) is 4.79 Å². The third-order valence-corrected chi connectivity index (χ3v) is 4.32. The predicted octanol–water partition coefficient (Wildman–Crippen LogP) is 0.646. The topological polar surface area (TPSA) is 53.4 Å². The highest BCUT2D eigenvalue weighted by Crippen LogP contribution is 2.24. The summed E-state index contributed by atoms with van der Waals surface area (Å²) in [4.78, 5) is 16.4. The van der Waals surface area contributed by atoms with Gasteiger partial charge in [0.1, 0.15) is 5.02 Å². The molecule has 2 heterocycles. The van der Waals surface area contributed by atoms with Gasteiger partial charge in [0.15, 0.2) is 0 Å². The summed E-state index contributed by atoms with van der Waals surface area (Å²) in [7, 11) is 5.92. The Hall–Kier alpha value is -1.11. The Balaban J connectivity index is 2.12. The largest absolute Gasteiger partial charge is 0.369 e. The molecule has 0 aliphatic carbocycles.